The lowest BCUT2D eigenvalue weighted by molar-refractivity contribution is -0.112. The zero-order valence-corrected chi connectivity index (χ0v) is 11.5. The van der Waals surface area contributed by atoms with E-state index in [4.69, 9.17) is 9.68 Å². The van der Waals surface area contributed by atoms with E-state index >= 15 is 0 Å². The normalized spacial score (nSPS) is 11.3. The number of carbonyl (C=O) groups is 1. The van der Waals surface area contributed by atoms with E-state index in [1.54, 1.807) is 36.6 Å². The Bertz CT molecular complexity index is 719. The first kappa shape index (κ1) is 14.4. The van der Waals surface area contributed by atoms with Crippen LogP contribution >= 0.6 is 0 Å². The van der Waals surface area contributed by atoms with Gasteiger partial charge in [0, 0.05) is 5.69 Å². The molecule has 1 amide bonds. The number of aryl methyl sites for hydroxylation is 1. The van der Waals surface area contributed by atoms with Gasteiger partial charge in [-0.2, -0.15) is 5.26 Å². The van der Waals surface area contributed by atoms with Crippen molar-refractivity contribution in [1.82, 2.24) is 0 Å². The van der Waals surface area contributed by atoms with E-state index < -0.39 is 5.91 Å². The van der Waals surface area contributed by atoms with Crippen molar-refractivity contribution in [3.63, 3.8) is 0 Å². The van der Waals surface area contributed by atoms with Gasteiger partial charge in [0.25, 0.3) is 5.91 Å². The fourth-order valence-electron chi connectivity index (χ4n) is 1.71. The van der Waals surface area contributed by atoms with Crippen LogP contribution in [0.4, 0.5) is 5.69 Å². The number of amides is 1. The number of hydrogen-bond donors (Lipinski definition) is 1. The Morgan fingerprint density at radius 1 is 1.33 bits per heavy atom. The summed E-state index contributed by atoms with van der Waals surface area (Å²) < 4.78 is 5.12. The van der Waals surface area contributed by atoms with Gasteiger partial charge in [-0.25, -0.2) is 0 Å². The Balaban J connectivity index is 2.06. The minimum absolute atomic E-state index is 0.0271. The lowest BCUT2D eigenvalue weighted by Gasteiger charge is -2.04. The molecule has 0 aliphatic rings. The molecule has 4 nitrogen and oxygen atoms in total. The van der Waals surface area contributed by atoms with Crippen molar-refractivity contribution >= 4 is 17.7 Å². The van der Waals surface area contributed by atoms with Crippen molar-refractivity contribution in [2.45, 2.75) is 6.92 Å². The average Bonchev–Trinajstić information content (AvgIpc) is 2.96. The molecule has 0 atom stereocenters. The van der Waals surface area contributed by atoms with E-state index in [9.17, 15) is 4.79 Å². The number of hydrogen-bond acceptors (Lipinski definition) is 3. The zero-order valence-electron chi connectivity index (χ0n) is 11.5. The molecule has 1 aromatic carbocycles. The van der Waals surface area contributed by atoms with Crippen LogP contribution in [-0.4, -0.2) is 5.91 Å². The fourth-order valence-corrected chi connectivity index (χ4v) is 1.71. The molecular weight excluding hydrogens is 264 g/mol. The van der Waals surface area contributed by atoms with Crippen LogP contribution in [0.5, 0.6) is 0 Å². The minimum atomic E-state index is -0.438. The molecule has 2 rings (SSSR count). The van der Waals surface area contributed by atoms with Crippen LogP contribution < -0.4 is 5.32 Å². The van der Waals surface area contributed by atoms with Crippen LogP contribution in [0.25, 0.3) is 6.08 Å². The molecule has 1 aromatic heterocycles. The smallest absolute Gasteiger partial charge is 0.266 e. The fraction of sp³-hybridized carbons (Fsp3) is 0.0588. The highest BCUT2D eigenvalue weighted by Crippen LogP contribution is 2.11. The number of furan rings is 1. The third kappa shape index (κ3) is 4.22. The third-order valence-corrected chi connectivity index (χ3v) is 2.71. The van der Waals surface area contributed by atoms with Gasteiger partial charge in [-0.1, -0.05) is 18.2 Å². The van der Waals surface area contributed by atoms with Gasteiger partial charge in [0.1, 0.15) is 17.4 Å². The molecule has 0 bridgehead atoms. The van der Waals surface area contributed by atoms with Gasteiger partial charge in [0.2, 0.25) is 0 Å². The van der Waals surface area contributed by atoms with Crippen LogP contribution in [0.2, 0.25) is 0 Å². The summed E-state index contributed by atoms with van der Waals surface area (Å²) in [5, 5.41) is 11.7. The summed E-state index contributed by atoms with van der Waals surface area (Å²) in [6, 6.07) is 12.8. The molecular formula is C17H14N2O2. The van der Waals surface area contributed by atoms with Crippen molar-refractivity contribution in [2.24, 2.45) is 0 Å². The van der Waals surface area contributed by atoms with Gasteiger partial charge in [-0.3, -0.25) is 4.79 Å². The number of nitrogens with one attached hydrogen (secondary N) is 1. The molecule has 2 aromatic rings. The van der Waals surface area contributed by atoms with E-state index in [2.05, 4.69) is 5.32 Å². The number of carbonyl (C=O) groups excluding carboxylic acids is 1. The quantitative estimate of drug-likeness (QED) is 0.527. The maximum absolute atomic E-state index is 12.0. The van der Waals surface area contributed by atoms with Crippen LogP contribution in [0.15, 0.2) is 64.8 Å². The number of anilines is 1. The van der Waals surface area contributed by atoms with Crippen LogP contribution in [0.3, 0.4) is 0 Å². The molecule has 1 heterocycles. The molecule has 21 heavy (non-hydrogen) atoms. The van der Waals surface area contributed by atoms with Crippen LogP contribution in [-0.2, 0) is 4.79 Å². The van der Waals surface area contributed by atoms with Crippen LogP contribution in [0.1, 0.15) is 11.3 Å². The number of allylic oxidation sites excluding steroid dienone is 2. The van der Waals surface area contributed by atoms with Crippen molar-refractivity contribution in [2.75, 3.05) is 5.32 Å². The lowest BCUT2D eigenvalue weighted by Crippen LogP contribution is -2.13. The van der Waals surface area contributed by atoms with Gasteiger partial charge >= 0.3 is 0 Å². The van der Waals surface area contributed by atoms with Crippen molar-refractivity contribution in [3.05, 3.63) is 71.7 Å². The monoisotopic (exact) mass is 278 g/mol. The molecule has 4 heteroatoms. The Kier molecular flexibility index (Phi) is 4.73. The van der Waals surface area contributed by atoms with E-state index in [0.717, 1.165) is 5.56 Å². The Morgan fingerprint density at radius 2 is 2.19 bits per heavy atom. The largest absolute Gasteiger partial charge is 0.465 e. The topological polar surface area (TPSA) is 66.0 Å². The Hall–Kier alpha value is -3.06. The first-order chi connectivity index (χ1) is 10.2. The molecule has 0 aliphatic heterocycles. The first-order valence-electron chi connectivity index (χ1n) is 6.39. The Labute approximate surface area is 123 Å². The number of nitrogens with zero attached hydrogens (tertiary/aromatic N) is 1. The molecule has 104 valence electrons. The highest BCUT2D eigenvalue weighted by molar-refractivity contribution is 6.06. The van der Waals surface area contributed by atoms with Crippen molar-refractivity contribution in [3.8, 4) is 6.07 Å². The second kappa shape index (κ2) is 6.92. The van der Waals surface area contributed by atoms with E-state index in [0.29, 0.717) is 11.4 Å². The molecule has 0 spiro atoms. The Morgan fingerprint density at radius 3 is 2.86 bits per heavy atom. The maximum atomic E-state index is 12.0. The molecule has 0 saturated carbocycles. The van der Waals surface area contributed by atoms with Crippen molar-refractivity contribution < 1.29 is 9.21 Å². The van der Waals surface area contributed by atoms with Crippen LogP contribution in [0, 0.1) is 18.3 Å². The van der Waals surface area contributed by atoms with Gasteiger partial charge < -0.3 is 9.73 Å². The average molecular weight is 278 g/mol. The van der Waals surface area contributed by atoms with E-state index in [1.165, 1.54) is 6.08 Å². The summed E-state index contributed by atoms with van der Waals surface area (Å²) in [7, 11) is 0. The zero-order chi connectivity index (χ0) is 15.1. The highest BCUT2D eigenvalue weighted by Gasteiger charge is 2.08. The number of rotatable bonds is 4. The lowest BCUT2D eigenvalue weighted by atomic mass is 10.2. The molecule has 1 N–H and O–H groups in total. The number of benzene rings is 1. The standard InChI is InChI=1S/C17H14N2O2/c1-13-5-2-7-15(11-13)19-17(20)14(12-18)6-3-8-16-9-4-10-21-16/h2-11H,1H3,(H,19,20)/b8-3+,14-6-. The summed E-state index contributed by atoms with van der Waals surface area (Å²) in [6.07, 6.45) is 6.29. The second-order valence-electron chi connectivity index (χ2n) is 4.39. The predicted octanol–water partition coefficient (Wildman–Crippen LogP) is 3.69. The van der Waals surface area contributed by atoms with Gasteiger partial charge in [-0.15, -0.1) is 0 Å². The summed E-state index contributed by atoms with van der Waals surface area (Å²) in [6.45, 7) is 1.93. The second-order valence-corrected chi connectivity index (χ2v) is 4.39. The third-order valence-electron chi connectivity index (χ3n) is 2.71. The SMILES string of the molecule is Cc1cccc(NC(=O)/C(C#N)=C\C=C\c2ccco2)c1. The van der Waals surface area contributed by atoms with Gasteiger partial charge in [0.15, 0.2) is 0 Å². The molecule has 0 saturated heterocycles. The molecule has 0 fully saturated rings. The van der Waals surface area contributed by atoms with Gasteiger partial charge in [0.05, 0.1) is 6.26 Å². The van der Waals surface area contributed by atoms with E-state index in [-0.39, 0.29) is 5.57 Å². The highest BCUT2D eigenvalue weighted by atomic mass is 16.3. The van der Waals surface area contributed by atoms with Crippen molar-refractivity contribution in [1.29, 1.82) is 5.26 Å². The molecule has 0 radical (unpaired) electrons. The van der Waals surface area contributed by atoms with Gasteiger partial charge in [-0.05, 0) is 48.9 Å². The summed E-state index contributed by atoms with van der Waals surface area (Å²) in [5.41, 5.74) is 1.73. The summed E-state index contributed by atoms with van der Waals surface area (Å²) in [4.78, 5) is 12.0. The molecule has 0 aliphatic carbocycles. The summed E-state index contributed by atoms with van der Waals surface area (Å²) >= 11 is 0. The first-order valence-corrected chi connectivity index (χ1v) is 6.39. The molecule has 0 unspecified atom stereocenters. The number of nitriles is 1. The summed E-state index contributed by atoms with van der Waals surface area (Å²) in [5.74, 6) is 0.217. The minimum Gasteiger partial charge on any atom is -0.465 e. The van der Waals surface area contributed by atoms with E-state index in [1.807, 2.05) is 31.2 Å². The maximum Gasteiger partial charge on any atom is 0.266 e. The predicted molar refractivity (Wildman–Crippen MR) is 81.2 cm³/mol.